The van der Waals surface area contributed by atoms with Gasteiger partial charge in [-0.2, -0.15) is 13.8 Å². The van der Waals surface area contributed by atoms with Gasteiger partial charge in [0.1, 0.15) is 11.6 Å². The number of amidine groups is 1. The fourth-order valence-electron chi connectivity index (χ4n) is 2.63. The van der Waals surface area contributed by atoms with Crippen LogP contribution < -0.4 is 37.1 Å². The maximum atomic E-state index is 15.0. The Labute approximate surface area is 196 Å². The highest BCUT2D eigenvalue weighted by Crippen LogP contribution is 2.39. The average molecular weight is 487 g/mol. The summed E-state index contributed by atoms with van der Waals surface area (Å²) in [6.07, 6.45) is 0. The number of nitrogens with zero attached hydrogens (tertiary/aromatic N) is 2. The van der Waals surface area contributed by atoms with E-state index in [2.05, 4.69) is 9.98 Å². The molecule has 0 aliphatic rings. The van der Waals surface area contributed by atoms with E-state index in [-0.39, 0.29) is 34.5 Å². The van der Waals surface area contributed by atoms with Gasteiger partial charge in [0.2, 0.25) is 17.4 Å². The highest BCUT2D eigenvalue weighted by atomic mass is 19.1. The summed E-state index contributed by atoms with van der Waals surface area (Å²) in [6, 6.07) is 9.35. The number of amides is 1. The van der Waals surface area contributed by atoms with Gasteiger partial charge in [-0.3, -0.25) is 10.2 Å². The molecule has 0 saturated heterocycles. The van der Waals surface area contributed by atoms with E-state index >= 15 is 8.78 Å². The van der Waals surface area contributed by atoms with Crippen molar-refractivity contribution in [2.45, 2.75) is 0 Å². The van der Waals surface area contributed by atoms with E-state index in [0.29, 0.717) is 0 Å². The third kappa shape index (κ3) is 6.01. The molecule has 1 aromatic heterocycles. The number of primary amides is 1. The SMILES string of the molecule is N=C(N)c1ccc(O)c(Oc2nc(Oc3cccc(N=C(N)N)c3)c(F)c(OCC(N)=O)c2F)c1. The number of benzene rings is 2. The Bertz CT molecular complexity index is 1330. The van der Waals surface area contributed by atoms with Crippen molar-refractivity contribution in [3.63, 3.8) is 0 Å². The van der Waals surface area contributed by atoms with E-state index in [1.807, 2.05) is 0 Å². The first-order valence-corrected chi connectivity index (χ1v) is 9.58. The van der Waals surface area contributed by atoms with Crippen molar-refractivity contribution in [1.29, 1.82) is 5.41 Å². The van der Waals surface area contributed by atoms with Gasteiger partial charge in [0.05, 0.1) is 5.69 Å². The quantitative estimate of drug-likeness (QED) is 0.191. The highest BCUT2D eigenvalue weighted by molar-refractivity contribution is 5.95. The number of aliphatic imine (C=N–C) groups is 1. The van der Waals surface area contributed by atoms with Gasteiger partial charge in [-0.25, -0.2) is 4.99 Å². The van der Waals surface area contributed by atoms with Gasteiger partial charge in [0.15, 0.2) is 24.1 Å². The number of nitrogens with one attached hydrogen (secondary N) is 1. The van der Waals surface area contributed by atoms with Crippen molar-refractivity contribution in [1.82, 2.24) is 4.98 Å². The summed E-state index contributed by atoms with van der Waals surface area (Å²) in [4.78, 5) is 18.6. The van der Waals surface area contributed by atoms with Crippen LogP contribution in [-0.4, -0.2) is 34.4 Å². The van der Waals surface area contributed by atoms with Gasteiger partial charge < -0.3 is 42.3 Å². The van der Waals surface area contributed by atoms with Crippen LogP contribution in [0.3, 0.4) is 0 Å². The molecule has 0 aliphatic carbocycles. The number of aromatic hydroxyl groups is 1. The molecule has 0 aliphatic heterocycles. The zero-order valence-electron chi connectivity index (χ0n) is 17.8. The number of aromatic nitrogens is 1. The van der Waals surface area contributed by atoms with E-state index in [1.165, 1.54) is 30.3 Å². The topological polar surface area (TPSA) is 218 Å². The molecule has 0 spiro atoms. The molecular formula is C21H19F2N7O5. The van der Waals surface area contributed by atoms with Crippen LogP contribution in [0.15, 0.2) is 47.5 Å². The van der Waals surface area contributed by atoms with Crippen LogP contribution in [0.5, 0.6) is 34.8 Å². The smallest absolute Gasteiger partial charge is 0.263 e. The van der Waals surface area contributed by atoms with Gasteiger partial charge in [0, 0.05) is 11.6 Å². The van der Waals surface area contributed by atoms with E-state index in [0.717, 1.165) is 12.1 Å². The van der Waals surface area contributed by atoms with Gasteiger partial charge in [-0.05, 0) is 30.3 Å². The molecule has 182 valence electrons. The lowest BCUT2D eigenvalue weighted by molar-refractivity contribution is -0.120. The summed E-state index contributed by atoms with van der Waals surface area (Å²) in [7, 11) is 0. The molecule has 14 heteroatoms. The molecule has 0 saturated carbocycles. The number of carbonyl (C=O) groups is 1. The lowest BCUT2D eigenvalue weighted by atomic mass is 10.2. The Balaban J connectivity index is 2.08. The number of pyridine rings is 1. The fraction of sp³-hybridized carbons (Fsp3) is 0.0476. The normalized spacial score (nSPS) is 10.3. The number of phenolic OH excluding ortho intramolecular Hbond substituents is 1. The van der Waals surface area contributed by atoms with Crippen LogP contribution >= 0.6 is 0 Å². The molecule has 0 unspecified atom stereocenters. The summed E-state index contributed by atoms with van der Waals surface area (Å²) in [5, 5.41) is 17.6. The van der Waals surface area contributed by atoms with Gasteiger partial charge >= 0.3 is 0 Å². The predicted molar refractivity (Wildman–Crippen MR) is 120 cm³/mol. The Hall–Kier alpha value is -5.14. The molecule has 1 amide bonds. The lowest BCUT2D eigenvalue weighted by Gasteiger charge is -2.15. The molecule has 3 aromatic rings. The number of nitrogens with two attached hydrogens (primary N) is 4. The van der Waals surface area contributed by atoms with Crippen molar-refractivity contribution in [2.75, 3.05) is 6.61 Å². The Morgan fingerprint density at radius 3 is 2.34 bits per heavy atom. The zero-order valence-corrected chi connectivity index (χ0v) is 17.8. The van der Waals surface area contributed by atoms with Gasteiger partial charge in [-0.1, -0.05) is 6.07 Å². The third-order valence-electron chi connectivity index (χ3n) is 4.10. The number of hydrogen-bond acceptors (Lipinski definition) is 8. The molecule has 12 nitrogen and oxygen atoms in total. The second kappa shape index (κ2) is 10.2. The second-order valence-electron chi connectivity index (χ2n) is 6.77. The number of guanidine groups is 1. The van der Waals surface area contributed by atoms with Crippen molar-refractivity contribution < 1.29 is 32.9 Å². The van der Waals surface area contributed by atoms with E-state index < -0.39 is 47.4 Å². The minimum Gasteiger partial charge on any atom is -0.504 e. The van der Waals surface area contributed by atoms with Crippen molar-refractivity contribution in [3.8, 4) is 34.8 Å². The molecule has 0 atom stereocenters. The standard InChI is InChI=1S/C21H19F2N7O5/c22-15-17(33-8-14(24)32)16(23)20(35-13-6-9(18(25)26)4-5-12(13)31)30-19(15)34-11-3-1-2-10(7-11)29-21(27)28/h1-7,31H,8H2,(H2,24,32)(H3,25,26)(H4,27,28,29). The molecule has 2 aromatic carbocycles. The van der Waals surface area contributed by atoms with Crippen LogP contribution in [0.1, 0.15) is 5.56 Å². The largest absolute Gasteiger partial charge is 0.504 e. The summed E-state index contributed by atoms with van der Waals surface area (Å²) in [6.45, 7) is -0.873. The highest BCUT2D eigenvalue weighted by Gasteiger charge is 2.26. The lowest BCUT2D eigenvalue weighted by Crippen LogP contribution is -2.21. The molecule has 0 fully saturated rings. The van der Waals surface area contributed by atoms with Crippen LogP contribution in [0.4, 0.5) is 14.5 Å². The van der Waals surface area contributed by atoms with Crippen LogP contribution in [0.25, 0.3) is 0 Å². The summed E-state index contributed by atoms with van der Waals surface area (Å²) in [5.74, 6) is -8.10. The molecule has 35 heavy (non-hydrogen) atoms. The second-order valence-corrected chi connectivity index (χ2v) is 6.77. The molecule has 0 radical (unpaired) electrons. The number of carbonyl (C=O) groups excluding carboxylic acids is 1. The molecule has 10 N–H and O–H groups in total. The molecule has 0 bridgehead atoms. The number of phenols is 1. The summed E-state index contributed by atoms with van der Waals surface area (Å²) < 4.78 is 45.6. The van der Waals surface area contributed by atoms with Crippen LogP contribution in [0, 0.1) is 17.0 Å². The molecule has 1 heterocycles. The van der Waals surface area contributed by atoms with E-state index in [1.54, 1.807) is 0 Å². The number of nitrogen functional groups attached to an aromatic ring is 1. The third-order valence-corrected chi connectivity index (χ3v) is 4.10. The minimum absolute atomic E-state index is 0.00117. The summed E-state index contributed by atoms with van der Waals surface area (Å²) >= 11 is 0. The Kier molecular flexibility index (Phi) is 7.14. The first kappa shape index (κ1) is 24.5. The zero-order chi connectivity index (χ0) is 25.7. The summed E-state index contributed by atoms with van der Waals surface area (Å²) in [5.41, 5.74) is 21.5. The van der Waals surface area contributed by atoms with Gasteiger partial charge in [-0.15, -0.1) is 0 Å². The van der Waals surface area contributed by atoms with Crippen LogP contribution in [0.2, 0.25) is 0 Å². The van der Waals surface area contributed by atoms with E-state index in [4.69, 9.17) is 42.6 Å². The van der Waals surface area contributed by atoms with Crippen LogP contribution in [-0.2, 0) is 4.79 Å². The number of rotatable bonds is 9. The van der Waals surface area contributed by atoms with Crippen molar-refractivity contribution >= 4 is 23.4 Å². The molecular weight excluding hydrogens is 468 g/mol. The maximum absolute atomic E-state index is 15.0. The van der Waals surface area contributed by atoms with Gasteiger partial charge in [0.25, 0.3) is 17.7 Å². The Morgan fingerprint density at radius 2 is 1.71 bits per heavy atom. The van der Waals surface area contributed by atoms with Crippen molar-refractivity contribution in [2.24, 2.45) is 27.9 Å². The first-order chi connectivity index (χ1) is 16.5. The maximum Gasteiger partial charge on any atom is 0.263 e. The predicted octanol–water partition coefficient (Wildman–Crippen LogP) is 1.70. The minimum atomic E-state index is -1.46. The fourth-order valence-corrected chi connectivity index (χ4v) is 2.63. The monoisotopic (exact) mass is 487 g/mol. The van der Waals surface area contributed by atoms with Crippen molar-refractivity contribution in [3.05, 3.63) is 59.7 Å². The number of ether oxygens (including phenoxy) is 3. The number of hydrogen-bond donors (Lipinski definition) is 6. The number of halogens is 2. The van der Waals surface area contributed by atoms with E-state index in [9.17, 15) is 9.90 Å². The Morgan fingerprint density at radius 1 is 1.03 bits per heavy atom. The molecule has 3 rings (SSSR count). The average Bonchev–Trinajstić information content (AvgIpc) is 2.77. The first-order valence-electron chi connectivity index (χ1n) is 9.58.